The zero-order chi connectivity index (χ0) is 23.9. The smallest absolute Gasteiger partial charge is 0.320 e. The van der Waals surface area contributed by atoms with E-state index in [1.807, 2.05) is 61.0 Å². The monoisotopic (exact) mass is 460 g/mol. The number of urea groups is 1. The lowest BCUT2D eigenvalue weighted by Gasteiger charge is -2.15. The maximum atomic E-state index is 12.7. The average molecular weight is 461 g/mol. The first-order valence-corrected chi connectivity index (χ1v) is 11.0. The number of nitrogens with zero attached hydrogens (tertiary/aromatic N) is 4. The number of hydrogen-bond donors (Lipinski definition) is 2. The molecule has 0 saturated carbocycles. The normalized spacial score (nSPS) is 12.0. The fraction of sp³-hybridized carbons (Fsp3) is 0.280. The molecule has 9 nitrogen and oxygen atoms in total. The van der Waals surface area contributed by atoms with Crippen LogP contribution >= 0.6 is 0 Å². The molecule has 2 N–H and O–H groups in total. The number of carbonyl (C=O) groups excluding carboxylic acids is 1. The van der Waals surface area contributed by atoms with Crippen LogP contribution in [0.25, 0.3) is 16.6 Å². The van der Waals surface area contributed by atoms with E-state index in [-0.39, 0.29) is 18.7 Å². The molecule has 176 valence electrons. The first-order valence-electron chi connectivity index (χ1n) is 11.0. The fourth-order valence-electron chi connectivity index (χ4n) is 3.64. The van der Waals surface area contributed by atoms with Crippen molar-refractivity contribution >= 4 is 22.8 Å². The van der Waals surface area contributed by atoms with Crippen LogP contribution in [0.1, 0.15) is 29.9 Å². The van der Waals surface area contributed by atoms with Crippen molar-refractivity contribution in [2.75, 3.05) is 25.6 Å². The largest absolute Gasteiger partial charge is 0.382 e. The number of ether oxygens (including phenoxy) is 2. The van der Waals surface area contributed by atoms with Crippen LogP contribution in [-0.4, -0.2) is 46.1 Å². The molecule has 0 aliphatic rings. The van der Waals surface area contributed by atoms with E-state index in [1.54, 1.807) is 25.6 Å². The van der Waals surface area contributed by atoms with E-state index < -0.39 is 0 Å². The lowest BCUT2D eigenvalue weighted by Crippen LogP contribution is -2.31. The molecule has 0 fully saturated rings. The Kier molecular flexibility index (Phi) is 7.46. The van der Waals surface area contributed by atoms with Crippen molar-refractivity contribution in [2.45, 2.75) is 26.5 Å². The quantitative estimate of drug-likeness (QED) is 0.364. The third kappa shape index (κ3) is 5.56. The molecule has 4 rings (SSSR count). The standard InChI is InChI=1S/C25H28N6O3/c1-17-13-21(9-10-26-17)31-24-20(15-27-31)14-23(29-22(24)16-34-12-11-33-3)30-25(32)28-18(2)19-7-5-4-6-8-19/h4-10,13-15,18H,11-12,16H2,1-3H3,(H2,28,29,30,32). The van der Waals surface area contributed by atoms with Gasteiger partial charge in [-0.05, 0) is 37.6 Å². The van der Waals surface area contributed by atoms with Crippen LogP contribution in [0.2, 0.25) is 0 Å². The molecule has 34 heavy (non-hydrogen) atoms. The van der Waals surface area contributed by atoms with Gasteiger partial charge >= 0.3 is 6.03 Å². The second-order valence-corrected chi connectivity index (χ2v) is 7.88. The van der Waals surface area contributed by atoms with E-state index in [0.717, 1.165) is 27.8 Å². The fourth-order valence-corrected chi connectivity index (χ4v) is 3.64. The van der Waals surface area contributed by atoms with Crippen LogP contribution in [0.3, 0.4) is 0 Å². The average Bonchev–Trinajstić information content (AvgIpc) is 3.26. The topological polar surface area (TPSA) is 103 Å². The highest BCUT2D eigenvalue weighted by molar-refractivity contribution is 5.92. The van der Waals surface area contributed by atoms with Crippen molar-refractivity contribution < 1.29 is 14.3 Å². The first-order chi connectivity index (χ1) is 16.5. The molecule has 4 aromatic rings. The SMILES string of the molecule is COCCOCc1nc(NC(=O)NC(C)c2ccccc2)cc2cnn(-c3ccnc(C)c3)c12. The van der Waals surface area contributed by atoms with Crippen molar-refractivity contribution in [3.63, 3.8) is 0 Å². The van der Waals surface area contributed by atoms with Crippen molar-refractivity contribution in [1.82, 2.24) is 25.1 Å². The minimum Gasteiger partial charge on any atom is -0.382 e. The summed E-state index contributed by atoms with van der Waals surface area (Å²) in [6, 6.07) is 14.9. The number of nitrogens with one attached hydrogen (secondary N) is 2. The predicted octanol–water partition coefficient (Wildman–Crippen LogP) is 4.17. The van der Waals surface area contributed by atoms with E-state index >= 15 is 0 Å². The number of amides is 2. The molecule has 0 aliphatic heterocycles. The van der Waals surface area contributed by atoms with Crippen LogP contribution in [0, 0.1) is 6.92 Å². The molecule has 0 bridgehead atoms. The Bertz CT molecular complexity index is 1260. The van der Waals surface area contributed by atoms with Gasteiger partial charge in [0.15, 0.2) is 0 Å². The summed E-state index contributed by atoms with van der Waals surface area (Å²) in [4.78, 5) is 21.6. The molecule has 1 aromatic carbocycles. The van der Waals surface area contributed by atoms with Gasteiger partial charge in [0.05, 0.1) is 49.0 Å². The molecule has 0 aliphatic carbocycles. The number of aromatic nitrogens is 4. The van der Waals surface area contributed by atoms with Crippen molar-refractivity contribution in [2.24, 2.45) is 0 Å². The summed E-state index contributed by atoms with van der Waals surface area (Å²) >= 11 is 0. The molecule has 3 heterocycles. The highest BCUT2D eigenvalue weighted by Gasteiger charge is 2.16. The Morgan fingerprint density at radius 2 is 1.97 bits per heavy atom. The van der Waals surface area contributed by atoms with Gasteiger partial charge in [0, 0.05) is 24.4 Å². The van der Waals surface area contributed by atoms with E-state index in [2.05, 4.69) is 25.7 Å². The van der Waals surface area contributed by atoms with Gasteiger partial charge < -0.3 is 14.8 Å². The number of methoxy groups -OCH3 is 1. The number of benzene rings is 1. The summed E-state index contributed by atoms with van der Waals surface area (Å²) in [5, 5.41) is 11.2. The van der Waals surface area contributed by atoms with Gasteiger partial charge in [-0.25, -0.2) is 14.5 Å². The number of hydrogen-bond acceptors (Lipinski definition) is 6. The summed E-state index contributed by atoms with van der Waals surface area (Å²) in [7, 11) is 1.63. The van der Waals surface area contributed by atoms with Crippen molar-refractivity contribution in [3.8, 4) is 5.69 Å². The van der Waals surface area contributed by atoms with Gasteiger partial charge in [-0.2, -0.15) is 5.10 Å². The second-order valence-electron chi connectivity index (χ2n) is 7.88. The summed E-state index contributed by atoms with van der Waals surface area (Å²) in [6.45, 7) is 5.01. The highest BCUT2D eigenvalue weighted by atomic mass is 16.5. The van der Waals surface area contributed by atoms with Crippen LogP contribution in [0.5, 0.6) is 0 Å². The Morgan fingerprint density at radius 3 is 2.74 bits per heavy atom. The zero-order valence-corrected chi connectivity index (χ0v) is 19.5. The molecule has 9 heteroatoms. The Hall–Kier alpha value is -3.82. The molecular weight excluding hydrogens is 432 g/mol. The summed E-state index contributed by atoms with van der Waals surface area (Å²) in [5.74, 6) is 0.418. The summed E-state index contributed by atoms with van der Waals surface area (Å²) in [5.41, 5.74) is 4.24. The number of carbonyl (C=O) groups is 1. The second kappa shape index (κ2) is 10.9. The van der Waals surface area contributed by atoms with Gasteiger partial charge in [-0.1, -0.05) is 30.3 Å². The lowest BCUT2D eigenvalue weighted by atomic mass is 10.1. The van der Waals surface area contributed by atoms with Crippen molar-refractivity contribution in [1.29, 1.82) is 0 Å². The van der Waals surface area contributed by atoms with Crippen molar-refractivity contribution in [3.05, 3.63) is 77.9 Å². The highest BCUT2D eigenvalue weighted by Crippen LogP contribution is 2.25. The van der Waals surface area contributed by atoms with E-state index in [1.165, 1.54) is 0 Å². The van der Waals surface area contributed by atoms with E-state index in [0.29, 0.717) is 24.7 Å². The predicted molar refractivity (Wildman–Crippen MR) is 130 cm³/mol. The number of fused-ring (bicyclic) bond motifs is 1. The van der Waals surface area contributed by atoms with Crippen LogP contribution < -0.4 is 10.6 Å². The molecule has 2 amide bonds. The first kappa shape index (κ1) is 23.3. The van der Waals surface area contributed by atoms with Gasteiger partial charge in [0.1, 0.15) is 5.82 Å². The Morgan fingerprint density at radius 1 is 1.15 bits per heavy atom. The van der Waals surface area contributed by atoms with Gasteiger partial charge in [-0.15, -0.1) is 0 Å². The van der Waals surface area contributed by atoms with Crippen LogP contribution in [0.4, 0.5) is 10.6 Å². The molecule has 0 radical (unpaired) electrons. The third-order valence-corrected chi connectivity index (χ3v) is 5.30. The van der Waals surface area contributed by atoms with Gasteiger partial charge in [0.2, 0.25) is 0 Å². The summed E-state index contributed by atoms with van der Waals surface area (Å²) in [6.07, 6.45) is 3.50. The molecule has 3 aromatic heterocycles. The lowest BCUT2D eigenvalue weighted by molar-refractivity contribution is 0.0607. The third-order valence-electron chi connectivity index (χ3n) is 5.30. The number of pyridine rings is 2. The summed E-state index contributed by atoms with van der Waals surface area (Å²) < 4.78 is 12.7. The minimum atomic E-state index is -0.341. The number of anilines is 1. The number of aryl methyl sites for hydroxylation is 1. The van der Waals surface area contributed by atoms with Crippen LogP contribution in [-0.2, 0) is 16.1 Å². The molecule has 1 atom stereocenters. The van der Waals surface area contributed by atoms with E-state index in [4.69, 9.17) is 9.47 Å². The molecule has 0 spiro atoms. The Balaban J connectivity index is 1.60. The molecule has 0 saturated heterocycles. The molecular formula is C25H28N6O3. The van der Waals surface area contributed by atoms with Gasteiger partial charge in [0.25, 0.3) is 0 Å². The van der Waals surface area contributed by atoms with E-state index in [9.17, 15) is 4.79 Å². The maximum Gasteiger partial charge on any atom is 0.320 e. The maximum absolute atomic E-state index is 12.7. The zero-order valence-electron chi connectivity index (χ0n) is 19.5. The Labute approximate surface area is 198 Å². The minimum absolute atomic E-state index is 0.153. The molecule has 1 unspecified atom stereocenters. The number of rotatable bonds is 9. The van der Waals surface area contributed by atoms with Crippen LogP contribution in [0.15, 0.2) is 60.9 Å². The van der Waals surface area contributed by atoms with Gasteiger partial charge in [-0.3, -0.25) is 10.3 Å².